The largest absolute Gasteiger partial charge is 0.491 e. The van der Waals surface area contributed by atoms with E-state index in [1.807, 2.05) is 30.3 Å². The molecule has 21 heavy (non-hydrogen) atoms. The molecule has 108 valence electrons. The average Bonchev–Trinajstić information content (AvgIpc) is 2.71. The van der Waals surface area contributed by atoms with Gasteiger partial charge in [-0.25, -0.2) is 0 Å². The summed E-state index contributed by atoms with van der Waals surface area (Å²) in [5.41, 5.74) is 2.76. The van der Waals surface area contributed by atoms with E-state index in [0.29, 0.717) is 5.46 Å². The highest BCUT2D eigenvalue weighted by Crippen LogP contribution is 2.31. The normalized spacial score (nSPS) is 14.1. The first-order valence-electron chi connectivity index (χ1n) is 7.16. The predicted octanol–water partition coefficient (Wildman–Crippen LogP) is 1.16. The zero-order valence-electron chi connectivity index (χ0n) is 11.8. The monoisotopic (exact) mass is 283 g/mol. The molecule has 0 aliphatic carbocycles. The molecule has 3 rings (SSSR count). The number of nitrogens with zero attached hydrogens (tertiary/aromatic N) is 1. The maximum Gasteiger partial charge on any atom is 0.488 e. The van der Waals surface area contributed by atoms with E-state index >= 15 is 0 Å². The maximum atomic E-state index is 9.13. The Morgan fingerprint density at radius 3 is 2.57 bits per heavy atom. The topological polar surface area (TPSA) is 52.9 Å². The Morgan fingerprint density at radius 2 is 1.81 bits per heavy atom. The molecule has 0 aromatic heterocycles. The molecule has 0 fully saturated rings. The lowest BCUT2D eigenvalue weighted by Gasteiger charge is -2.24. The summed E-state index contributed by atoms with van der Waals surface area (Å²) in [4.78, 5) is 2.30. The second kappa shape index (κ2) is 6.20. The van der Waals surface area contributed by atoms with Gasteiger partial charge in [0.1, 0.15) is 5.75 Å². The minimum atomic E-state index is -1.41. The van der Waals surface area contributed by atoms with Crippen molar-refractivity contribution in [1.29, 1.82) is 0 Å². The molecule has 1 aliphatic heterocycles. The summed E-state index contributed by atoms with van der Waals surface area (Å²) in [6, 6.07) is 15.4. The van der Waals surface area contributed by atoms with Gasteiger partial charge in [-0.05, 0) is 29.6 Å². The van der Waals surface area contributed by atoms with E-state index in [-0.39, 0.29) is 0 Å². The van der Waals surface area contributed by atoms with Crippen LogP contribution in [0.1, 0.15) is 12.0 Å². The van der Waals surface area contributed by atoms with Gasteiger partial charge in [0, 0.05) is 13.1 Å². The Labute approximate surface area is 124 Å². The van der Waals surface area contributed by atoms with Crippen LogP contribution in [0.3, 0.4) is 0 Å². The van der Waals surface area contributed by atoms with Crippen molar-refractivity contribution in [3.05, 3.63) is 54.1 Å². The standard InChI is InChI=1S/C16H18BNO3/c19-17(20)14-8-6-13(7-9-14)12-18-10-3-11-21-16-5-2-1-4-15(16)18/h1-2,4-9,19-20H,3,10-12H2. The quantitative estimate of drug-likeness (QED) is 0.830. The fourth-order valence-electron chi connectivity index (χ4n) is 2.58. The van der Waals surface area contributed by atoms with Gasteiger partial charge in [-0.1, -0.05) is 36.4 Å². The van der Waals surface area contributed by atoms with Gasteiger partial charge in [-0.15, -0.1) is 0 Å². The summed E-state index contributed by atoms with van der Waals surface area (Å²) >= 11 is 0. The van der Waals surface area contributed by atoms with Crippen LogP contribution in [0.15, 0.2) is 48.5 Å². The minimum absolute atomic E-state index is 0.512. The van der Waals surface area contributed by atoms with Crippen molar-refractivity contribution in [3.8, 4) is 5.75 Å². The van der Waals surface area contributed by atoms with Gasteiger partial charge in [0.2, 0.25) is 0 Å². The Bertz CT molecular complexity index is 601. The van der Waals surface area contributed by atoms with E-state index in [4.69, 9.17) is 14.8 Å². The maximum absolute atomic E-state index is 9.13. The van der Waals surface area contributed by atoms with E-state index in [1.54, 1.807) is 12.1 Å². The summed E-state index contributed by atoms with van der Waals surface area (Å²) in [6.45, 7) is 2.47. The minimum Gasteiger partial charge on any atom is -0.491 e. The molecule has 0 unspecified atom stereocenters. The number of benzene rings is 2. The molecule has 0 radical (unpaired) electrons. The molecule has 2 N–H and O–H groups in total. The average molecular weight is 283 g/mol. The fraction of sp³-hybridized carbons (Fsp3) is 0.250. The van der Waals surface area contributed by atoms with Gasteiger partial charge in [0.05, 0.1) is 12.3 Å². The van der Waals surface area contributed by atoms with E-state index in [0.717, 1.165) is 43.1 Å². The molecule has 1 aliphatic rings. The van der Waals surface area contributed by atoms with Crippen molar-refractivity contribution in [1.82, 2.24) is 0 Å². The lowest BCUT2D eigenvalue weighted by molar-refractivity contribution is 0.322. The SMILES string of the molecule is OB(O)c1ccc(CN2CCCOc3ccccc32)cc1. The first-order valence-corrected chi connectivity index (χ1v) is 7.16. The van der Waals surface area contributed by atoms with Crippen molar-refractivity contribution < 1.29 is 14.8 Å². The molecule has 2 aromatic rings. The number of hydrogen-bond acceptors (Lipinski definition) is 4. The molecule has 0 bridgehead atoms. The van der Waals surface area contributed by atoms with Gasteiger partial charge < -0.3 is 19.7 Å². The van der Waals surface area contributed by atoms with E-state index in [9.17, 15) is 0 Å². The van der Waals surface area contributed by atoms with Crippen LogP contribution in [0.4, 0.5) is 5.69 Å². The Balaban J connectivity index is 1.81. The first kappa shape index (κ1) is 14.0. The molecule has 0 saturated heterocycles. The predicted molar refractivity (Wildman–Crippen MR) is 83.9 cm³/mol. The first-order chi connectivity index (χ1) is 10.2. The summed E-state index contributed by atoms with van der Waals surface area (Å²) in [5, 5.41) is 18.3. The van der Waals surface area contributed by atoms with E-state index in [2.05, 4.69) is 11.0 Å². The Hall–Kier alpha value is -1.98. The lowest BCUT2D eigenvalue weighted by atomic mass is 9.80. The molecule has 1 heterocycles. The summed E-state index contributed by atoms with van der Waals surface area (Å²) in [7, 11) is -1.41. The van der Waals surface area contributed by atoms with Crippen LogP contribution in [-0.4, -0.2) is 30.3 Å². The molecule has 4 nitrogen and oxygen atoms in total. The van der Waals surface area contributed by atoms with Crippen LogP contribution in [0, 0.1) is 0 Å². The van der Waals surface area contributed by atoms with E-state index in [1.165, 1.54) is 0 Å². The highest BCUT2D eigenvalue weighted by Gasteiger charge is 2.16. The van der Waals surface area contributed by atoms with Crippen molar-refractivity contribution in [3.63, 3.8) is 0 Å². The van der Waals surface area contributed by atoms with Crippen LogP contribution < -0.4 is 15.1 Å². The number of fused-ring (bicyclic) bond motifs is 1. The molecule has 2 aromatic carbocycles. The van der Waals surface area contributed by atoms with Crippen LogP contribution >= 0.6 is 0 Å². The third-order valence-corrected chi connectivity index (χ3v) is 3.69. The Kier molecular flexibility index (Phi) is 4.13. The van der Waals surface area contributed by atoms with Crippen LogP contribution in [0.5, 0.6) is 5.75 Å². The number of anilines is 1. The van der Waals surface area contributed by atoms with Crippen LogP contribution in [0.2, 0.25) is 0 Å². The van der Waals surface area contributed by atoms with Gasteiger partial charge in [0.15, 0.2) is 0 Å². The number of hydrogen-bond donors (Lipinski definition) is 2. The lowest BCUT2D eigenvalue weighted by Crippen LogP contribution is -2.30. The van der Waals surface area contributed by atoms with Crippen molar-refractivity contribution in [2.24, 2.45) is 0 Å². The molecule has 0 spiro atoms. The second-order valence-electron chi connectivity index (χ2n) is 5.21. The zero-order chi connectivity index (χ0) is 14.7. The number of rotatable bonds is 3. The third kappa shape index (κ3) is 3.20. The summed E-state index contributed by atoms with van der Waals surface area (Å²) < 4.78 is 5.76. The van der Waals surface area contributed by atoms with Gasteiger partial charge in [-0.2, -0.15) is 0 Å². The smallest absolute Gasteiger partial charge is 0.488 e. The van der Waals surface area contributed by atoms with E-state index < -0.39 is 7.12 Å². The van der Waals surface area contributed by atoms with Gasteiger partial charge in [0.25, 0.3) is 0 Å². The number of ether oxygens (including phenoxy) is 1. The Morgan fingerprint density at radius 1 is 1.05 bits per heavy atom. The van der Waals surface area contributed by atoms with Crippen LogP contribution in [-0.2, 0) is 6.54 Å². The summed E-state index contributed by atoms with van der Waals surface area (Å²) in [6.07, 6.45) is 0.988. The van der Waals surface area contributed by atoms with Gasteiger partial charge >= 0.3 is 7.12 Å². The molecule has 0 atom stereocenters. The fourth-order valence-corrected chi connectivity index (χ4v) is 2.58. The van der Waals surface area contributed by atoms with Crippen molar-refractivity contribution >= 4 is 18.3 Å². The molecule has 0 saturated carbocycles. The summed E-state index contributed by atoms with van der Waals surface area (Å²) in [5.74, 6) is 0.928. The highest BCUT2D eigenvalue weighted by atomic mass is 16.5. The van der Waals surface area contributed by atoms with Gasteiger partial charge in [-0.3, -0.25) is 0 Å². The van der Waals surface area contributed by atoms with Crippen molar-refractivity contribution in [2.45, 2.75) is 13.0 Å². The molecule has 0 amide bonds. The number of para-hydroxylation sites is 2. The molecular weight excluding hydrogens is 265 g/mol. The third-order valence-electron chi connectivity index (χ3n) is 3.69. The highest BCUT2D eigenvalue weighted by molar-refractivity contribution is 6.58. The van der Waals surface area contributed by atoms with Crippen molar-refractivity contribution in [2.75, 3.05) is 18.1 Å². The zero-order valence-corrected chi connectivity index (χ0v) is 11.8. The molecule has 5 heteroatoms. The van der Waals surface area contributed by atoms with Crippen LogP contribution in [0.25, 0.3) is 0 Å². The molecular formula is C16H18BNO3. The second-order valence-corrected chi connectivity index (χ2v) is 5.21.